The number of anilines is 1. The smallest absolute Gasteiger partial charge is 0.300 e. The van der Waals surface area contributed by atoms with Crippen LogP contribution in [-0.4, -0.2) is 20.6 Å². The third-order valence-electron chi connectivity index (χ3n) is 3.16. The van der Waals surface area contributed by atoms with E-state index in [2.05, 4.69) is 10.4 Å². The number of amides is 1. The third-order valence-corrected chi connectivity index (χ3v) is 3.47. The number of carbonyl (C=O) groups is 1. The number of hydrogen-bond acceptors (Lipinski definition) is 4. The van der Waals surface area contributed by atoms with Crippen molar-refractivity contribution in [1.29, 1.82) is 0 Å². The second-order valence-corrected chi connectivity index (χ2v) is 4.92. The fourth-order valence-electron chi connectivity index (χ4n) is 2.02. The number of nitrogens with zero attached hydrogens (tertiary/aromatic N) is 3. The Bertz CT molecular complexity index is 739. The lowest BCUT2D eigenvalue weighted by molar-refractivity contribution is -0.385. The molecule has 0 spiro atoms. The van der Waals surface area contributed by atoms with Gasteiger partial charge in [-0.25, -0.2) is 0 Å². The molecule has 7 nitrogen and oxygen atoms in total. The van der Waals surface area contributed by atoms with Crippen LogP contribution in [0.25, 0.3) is 0 Å². The summed E-state index contributed by atoms with van der Waals surface area (Å²) >= 11 is 5.80. The molecule has 0 saturated heterocycles. The quantitative estimate of drug-likeness (QED) is 0.697. The molecule has 0 radical (unpaired) electrons. The minimum Gasteiger partial charge on any atom is -0.319 e. The number of benzene rings is 1. The summed E-state index contributed by atoms with van der Waals surface area (Å²) < 4.78 is 1.62. The zero-order chi connectivity index (χ0) is 15.7. The van der Waals surface area contributed by atoms with Gasteiger partial charge in [0.05, 0.1) is 22.0 Å². The summed E-state index contributed by atoms with van der Waals surface area (Å²) in [7, 11) is 1.75. The first-order valence-electron chi connectivity index (χ1n) is 6.07. The van der Waals surface area contributed by atoms with Gasteiger partial charge in [-0.3, -0.25) is 19.6 Å². The predicted octanol–water partition coefficient (Wildman–Crippen LogP) is 2.85. The Hall–Kier alpha value is -2.41. The fraction of sp³-hybridized carbons (Fsp3) is 0.231. The standard InChI is InChI=1S/C13H13ClN4O3/c1-7-11(8(2)17(3)16-7)15-13(19)9-5-4-6-10(14)12(9)18(20)21/h4-6H,1-3H3,(H,15,19). The molecule has 0 unspecified atom stereocenters. The molecule has 0 aliphatic rings. The van der Waals surface area contributed by atoms with Crippen molar-refractivity contribution < 1.29 is 9.72 Å². The van der Waals surface area contributed by atoms with Crippen molar-refractivity contribution in [2.75, 3.05) is 5.32 Å². The number of nitro benzene ring substituents is 1. The van der Waals surface area contributed by atoms with E-state index in [1.54, 1.807) is 25.6 Å². The van der Waals surface area contributed by atoms with Gasteiger partial charge in [-0.15, -0.1) is 0 Å². The van der Waals surface area contributed by atoms with E-state index in [0.29, 0.717) is 11.4 Å². The second kappa shape index (κ2) is 5.53. The van der Waals surface area contributed by atoms with Crippen molar-refractivity contribution in [2.24, 2.45) is 7.05 Å². The van der Waals surface area contributed by atoms with Crippen LogP contribution < -0.4 is 5.32 Å². The molecule has 8 heteroatoms. The molecule has 1 N–H and O–H groups in total. The Balaban J connectivity index is 2.42. The van der Waals surface area contributed by atoms with Gasteiger partial charge in [0.25, 0.3) is 5.91 Å². The van der Waals surface area contributed by atoms with Crippen molar-refractivity contribution in [3.05, 3.63) is 50.3 Å². The molecule has 1 amide bonds. The van der Waals surface area contributed by atoms with Gasteiger partial charge in [-0.1, -0.05) is 17.7 Å². The van der Waals surface area contributed by atoms with E-state index in [0.717, 1.165) is 5.69 Å². The summed E-state index contributed by atoms with van der Waals surface area (Å²) in [4.78, 5) is 22.7. The summed E-state index contributed by atoms with van der Waals surface area (Å²) in [6.07, 6.45) is 0. The Morgan fingerprint density at radius 2 is 2.10 bits per heavy atom. The molecule has 2 aromatic rings. The third kappa shape index (κ3) is 2.73. The minimum absolute atomic E-state index is 0.0766. The molecule has 21 heavy (non-hydrogen) atoms. The Kier molecular flexibility index (Phi) is 3.95. The first-order valence-corrected chi connectivity index (χ1v) is 6.45. The molecule has 1 heterocycles. The fourth-order valence-corrected chi connectivity index (χ4v) is 2.26. The van der Waals surface area contributed by atoms with Crippen molar-refractivity contribution >= 4 is 28.9 Å². The van der Waals surface area contributed by atoms with Crippen LogP contribution in [0.1, 0.15) is 21.7 Å². The maximum absolute atomic E-state index is 12.3. The molecule has 0 saturated carbocycles. The lowest BCUT2D eigenvalue weighted by Gasteiger charge is -2.07. The average molecular weight is 309 g/mol. The maximum Gasteiger partial charge on any atom is 0.300 e. The van der Waals surface area contributed by atoms with Crippen LogP contribution in [-0.2, 0) is 7.05 Å². The van der Waals surface area contributed by atoms with E-state index in [1.807, 2.05) is 0 Å². The molecule has 2 rings (SSSR count). The van der Waals surface area contributed by atoms with Gasteiger partial charge in [0.2, 0.25) is 0 Å². The summed E-state index contributed by atoms with van der Waals surface area (Å²) in [6, 6.07) is 4.23. The van der Waals surface area contributed by atoms with E-state index in [-0.39, 0.29) is 10.6 Å². The lowest BCUT2D eigenvalue weighted by atomic mass is 10.1. The number of hydrogen-bond donors (Lipinski definition) is 1. The zero-order valence-electron chi connectivity index (χ0n) is 11.7. The predicted molar refractivity (Wildman–Crippen MR) is 78.7 cm³/mol. The number of nitrogens with one attached hydrogen (secondary N) is 1. The van der Waals surface area contributed by atoms with Crippen LogP contribution >= 0.6 is 11.6 Å². The zero-order valence-corrected chi connectivity index (χ0v) is 12.4. The molecule has 0 fully saturated rings. The molecule has 0 bridgehead atoms. The van der Waals surface area contributed by atoms with Gasteiger partial charge < -0.3 is 5.32 Å². The van der Waals surface area contributed by atoms with Crippen molar-refractivity contribution in [2.45, 2.75) is 13.8 Å². The number of aryl methyl sites for hydroxylation is 2. The SMILES string of the molecule is Cc1nn(C)c(C)c1NC(=O)c1cccc(Cl)c1[N+](=O)[O-]. The van der Waals surface area contributed by atoms with Crippen molar-refractivity contribution in [1.82, 2.24) is 9.78 Å². The summed E-state index contributed by atoms with van der Waals surface area (Å²) in [5.74, 6) is -0.594. The summed E-state index contributed by atoms with van der Waals surface area (Å²) in [6.45, 7) is 3.54. The van der Waals surface area contributed by atoms with E-state index >= 15 is 0 Å². The number of halogens is 1. The van der Waals surface area contributed by atoms with Gasteiger partial charge in [-0.2, -0.15) is 5.10 Å². The second-order valence-electron chi connectivity index (χ2n) is 4.52. The number of rotatable bonds is 3. The number of carbonyl (C=O) groups excluding carboxylic acids is 1. The topological polar surface area (TPSA) is 90.1 Å². The van der Waals surface area contributed by atoms with Crippen LogP contribution in [0.3, 0.4) is 0 Å². The average Bonchev–Trinajstić information content (AvgIpc) is 2.64. The van der Waals surface area contributed by atoms with E-state index in [4.69, 9.17) is 11.6 Å². The highest BCUT2D eigenvalue weighted by atomic mass is 35.5. The molecule has 1 aromatic heterocycles. The van der Waals surface area contributed by atoms with Crippen LogP contribution in [0.4, 0.5) is 11.4 Å². The van der Waals surface area contributed by atoms with Crippen molar-refractivity contribution in [3.8, 4) is 0 Å². The Morgan fingerprint density at radius 3 is 2.62 bits per heavy atom. The van der Waals surface area contributed by atoms with Gasteiger partial charge in [0, 0.05) is 7.05 Å². The van der Waals surface area contributed by atoms with Crippen LogP contribution in [0.15, 0.2) is 18.2 Å². The van der Waals surface area contributed by atoms with Crippen molar-refractivity contribution in [3.63, 3.8) is 0 Å². The highest BCUT2D eigenvalue weighted by molar-refractivity contribution is 6.33. The number of aromatic nitrogens is 2. The first kappa shape index (κ1) is 15.0. The molecular formula is C13H13ClN4O3. The summed E-state index contributed by atoms with van der Waals surface area (Å²) in [5, 5.41) is 17.8. The van der Waals surface area contributed by atoms with Gasteiger partial charge in [0.1, 0.15) is 10.6 Å². The largest absolute Gasteiger partial charge is 0.319 e. The lowest BCUT2D eigenvalue weighted by Crippen LogP contribution is -2.15. The minimum atomic E-state index is -0.666. The van der Waals surface area contributed by atoms with E-state index in [1.165, 1.54) is 18.2 Å². The number of nitro groups is 1. The molecule has 0 aliphatic carbocycles. The number of para-hydroxylation sites is 1. The first-order chi connectivity index (χ1) is 9.82. The van der Waals surface area contributed by atoms with E-state index < -0.39 is 16.5 Å². The van der Waals surface area contributed by atoms with Gasteiger partial charge in [0.15, 0.2) is 0 Å². The summed E-state index contributed by atoms with van der Waals surface area (Å²) in [5.41, 5.74) is 1.43. The molecule has 0 atom stereocenters. The maximum atomic E-state index is 12.3. The van der Waals surface area contributed by atoms with Gasteiger partial charge in [-0.05, 0) is 26.0 Å². The highest BCUT2D eigenvalue weighted by Gasteiger charge is 2.24. The van der Waals surface area contributed by atoms with Gasteiger partial charge >= 0.3 is 5.69 Å². The molecular weight excluding hydrogens is 296 g/mol. The Morgan fingerprint density at radius 1 is 1.43 bits per heavy atom. The molecule has 0 aliphatic heterocycles. The van der Waals surface area contributed by atoms with Crippen LogP contribution in [0, 0.1) is 24.0 Å². The van der Waals surface area contributed by atoms with Crippen LogP contribution in [0.5, 0.6) is 0 Å². The molecule has 1 aromatic carbocycles. The van der Waals surface area contributed by atoms with E-state index in [9.17, 15) is 14.9 Å². The Labute approximate surface area is 125 Å². The van der Waals surface area contributed by atoms with Crippen LogP contribution in [0.2, 0.25) is 5.02 Å². The normalized spacial score (nSPS) is 10.5. The molecule has 110 valence electrons. The monoisotopic (exact) mass is 308 g/mol. The highest BCUT2D eigenvalue weighted by Crippen LogP contribution is 2.29.